The molecule has 0 radical (unpaired) electrons. The first-order valence-corrected chi connectivity index (χ1v) is 13.0. The Morgan fingerprint density at radius 2 is 1.86 bits per heavy atom. The van der Waals surface area contributed by atoms with E-state index in [1.165, 1.54) is 17.0 Å². The number of aryl methyl sites for hydroxylation is 3. The van der Waals surface area contributed by atoms with Crippen molar-refractivity contribution in [1.82, 2.24) is 34.3 Å². The van der Waals surface area contributed by atoms with Crippen molar-refractivity contribution in [3.63, 3.8) is 0 Å². The van der Waals surface area contributed by atoms with E-state index in [4.69, 9.17) is 4.74 Å². The van der Waals surface area contributed by atoms with Crippen molar-refractivity contribution >= 4 is 22.6 Å². The predicted octanol–water partition coefficient (Wildman–Crippen LogP) is 6.29. The Balaban J connectivity index is 1.33. The van der Waals surface area contributed by atoms with Gasteiger partial charge in [-0.3, -0.25) is 14.5 Å². The van der Waals surface area contributed by atoms with Crippen molar-refractivity contribution in [2.45, 2.75) is 20.0 Å². The molecule has 0 atom stereocenters. The summed E-state index contributed by atoms with van der Waals surface area (Å²) in [6.45, 7) is 3.48. The number of halogens is 3. The van der Waals surface area contributed by atoms with E-state index < -0.39 is 17.6 Å². The third-order valence-corrected chi connectivity index (χ3v) is 6.57. The molecule has 0 unspecified atom stereocenters. The van der Waals surface area contributed by atoms with E-state index in [1.807, 2.05) is 6.07 Å². The summed E-state index contributed by atoms with van der Waals surface area (Å²) < 4.78 is 50.4. The zero-order valence-corrected chi connectivity index (χ0v) is 23.1. The van der Waals surface area contributed by atoms with Crippen molar-refractivity contribution in [2.75, 3.05) is 5.32 Å². The molecular weight excluding hydrogens is 561 g/mol. The molecule has 1 amide bonds. The number of hydrogen-bond donors (Lipinski definition) is 1. The Kier molecular flexibility index (Phi) is 6.84. The molecule has 0 spiro atoms. The number of alkyl halides is 3. The van der Waals surface area contributed by atoms with Crippen LogP contribution in [0.3, 0.4) is 0 Å². The van der Waals surface area contributed by atoms with E-state index >= 15 is 0 Å². The fourth-order valence-electron chi connectivity index (χ4n) is 4.42. The van der Waals surface area contributed by atoms with Gasteiger partial charge in [0.15, 0.2) is 11.5 Å². The summed E-state index contributed by atoms with van der Waals surface area (Å²) in [6, 6.07) is 11.7. The van der Waals surface area contributed by atoms with Gasteiger partial charge in [0.25, 0.3) is 5.91 Å². The van der Waals surface area contributed by atoms with E-state index in [0.29, 0.717) is 45.1 Å². The van der Waals surface area contributed by atoms with Crippen molar-refractivity contribution < 1.29 is 22.7 Å². The fraction of sp³-hybridized carbons (Fsp3) is 0.133. The van der Waals surface area contributed by atoms with Gasteiger partial charge in [0.1, 0.15) is 11.1 Å². The van der Waals surface area contributed by atoms with Gasteiger partial charge in [0.2, 0.25) is 5.88 Å². The number of amides is 1. The number of anilines is 1. The zero-order chi connectivity index (χ0) is 30.3. The van der Waals surface area contributed by atoms with Crippen LogP contribution in [0.15, 0.2) is 79.6 Å². The molecule has 6 aromatic rings. The van der Waals surface area contributed by atoms with Crippen LogP contribution in [0.1, 0.15) is 27.2 Å². The number of carbonyl (C=O) groups excluding carboxylic acids is 1. The summed E-state index contributed by atoms with van der Waals surface area (Å²) in [5.74, 6) is 0.208. The smallest absolute Gasteiger partial charge is 0.416 e. The van der Waals surface area contributed by atoms with Gasteiger partial charge < -0.3 is 14.6 Å². The van der Waals surface area contributed by atoms with Crippen LogP contribution < -0.4 is 10.1 Å². The molecule has 216 valence electrons. The molecule has 0 aliphatic rings. The van der Waals surface area contributed by atoms with Gasteiger partial charge in [-0.2, -0.15) is 23.3 Å². The number of imidazole rings is 1. The van der Waals surface area contributed by atoms with E-state index in [0.717, 1.165) is 12.1 Å². The van der Waals surface area contributed by atoms with Gasteiger partial charge in [-0.15, -0.1) is 0 Å². The minimum Gasteiger partial charge on any atom is -0.438 e. The molecule has 4 heterocycles. The molecule has 4 aromatic heterocycles. The third kappa shape index (κ3) is 5.77. The lowest BCUT2D eigenvalue weighted by Crippen LogP contribution is -2.15. The van der Waals surface area contributed by atoms with Crippen molar-refractivity contribution in [3.8, 4) is 28.7 Å². The Hall–Kier alpha value is -5.59. The van der Waals surface area contributed by atoms with Gasteiger partial charge in [-0.05, 0) is 55.8 Å². The number of nitrogens with zero attached hydrogens (tertiary/aromatic N) is 7. The molecule has 43 heavy (non-hydrogen) atoms. The third-order valence-electron chi connectivity index (χ3n) is 6.57. The molecule has 0 fully saturated rings. The predicted molar refractivity (Wildman–Crippen MR) is 152 cm³/mol. The summed E-state index contributed by atoms with van der Waals surface area (Å²) in [5.41, 5.74) is 1.76. The first-order chi connectivity index (χ1) is 20.5. The molecular formula is C30H23F3N8O2. The van der Waals surface area contributed by atoms with Crippen molar-refractivity contribution in [3.05, 3.63) is 102 Å². The normalized spacial score (nSPS) is 11.6. The minimum absolute atomic E-state index is 0.156. The molecule has 13 heteroatoms. The van der Waals surface area contributed by atoms with Crippen LogP contribution in [0.5, 0.6) is 11.6 Å². The quantitative estimate of drug-likeness (QED) is 0.245. The number of fused-ring (bicyclic) bond motifs is 1. The van der Waals surface area contributed by atoms with Gasteiger partial charge in [-0.25, -0.2) is 9.97 Å². The monoisotopic (exact) mass is 584 g/mol. The maximum Gasteiger partial charge on any atom is 0.416 e. The average Bonchev–Trinajstić information content (AvgIpc) is 3.59. The molecule has 2 aromatic carbocycles. The second-order valence-electron chi connectivity index (χ2n) is 9.86. The highest BCUT2D eigenvalue weighted by Gasteiger charge is 2.32. The van der Waals surface area contributed by atoms with Crippen molar-refractivity contribution in [1.29, 1.82) is 0 Å². The molecule has 0 saturated carbocycles. The number of nitrogens with one attached hydrogen (secondary N) is 1. The van der Waals surface area contributed by atoms with Gasteiger partial charge in [0.05, 0.1) is 17.6 Å². The molecule has 0 aliphatic carbocycles. The van der Waals surface area contributed by atoms with Gasteiger partial charge >= 0.3 is 6.18 Å². The minimum atomic E-state index is -4.66. The summed E-state index contributed by atoms with van der Waals surface area (Å²) >= 11 is 0. The van der Waals surface area contributed by atoms with Gasteiger partial charge in [0, 0.05) is 60.4 Å². The molecule has 6 rings (SSSR count). The highest BCUT2D eigenvalue weighted by atomic mass is 19.4. The molecule has 1 N–H and O–H groups in total. The maximum atomic E-state index is 13.7. The molecule has 10 nitrogen and oxygen atoms in total. The summed E-state index contributed by atoms with van der Waals surface area (Å²) in [4.78, 5) is 30.6. The van der Waals surface area contributed by atoms with Crippen LogP contribution in [0, 0.1) is 13.8 Å². The van der Waals surface area contributed by atoms with Crippen LogP contribution in [-0.4, -0.2) is 40.2 Å². The topological polar surface area (TPSA) is 113 Å². The van der Waals surface area contributed by atoms with Crippen LogP contribution in [0.25, 0.3) is 28.1 Å². The number of pyridine rings is 1. The van der Waals surface area contributed by atoms with Crippen LogP contribution in [0.4, 0.5) is 18.9 Å². The molecule has 0 saturated heterocycles. The summed E-state index contributed by atoms with van der Waals surface area (Å²) in [6.07, 6.45) is 3.30. The maximum absolute atomic E-state index is 13.7. The lowest BCUT2D eigenvalue weighted by Gasteiger charge is -2.15. The highest BCUT2D eigenvalue weighted by Crippen LogP contribution is 2.34. The van der Waals surface area contributed by atoms with Gasteiger partial charge in [-0.1, -0.05) is 6.07 Å². The highest BCUT2D eigenvalue weighted by molar-refractivity contribution is 6.05. The number of rotatable bonds is 6. The van der Waals surface area contributed by atoms with E-state index in [9.17, 15) is 18.0 Å². The van der Waals surface area contributed by atoms with Crippen LogP contribution >= 0.6 is 0 Å². The number of carbonyl (C=O) groups is 1. The SMILES string of the molecule is Cc1cn(-c2cc(C(=O)Nc3cc(Oc4nc(-c5cccnc5)nc5nn(C)cc45)ccc3C)cc(C(F)(F)F)c2)cn1. The Morgan fingerprint density at radius 3 is 2.58 bits per heavy atom. The lowest BCUT2D eigenvalue weighted by molar-refractivity contribution is -0.137. The van der Waals surface area contributed by atoms with Crippen molar-refractivity contribution in [2.24, 2.45) is 7.05 Å². The first-order valence-electron chi connectivity index (χ1n) is 13.0. The summed E-state index contributed by atoms with van der Waals surface area (Å²) in [5, 5.41) is 7.67. The number of aromatic nitrogens is 7. The lowest BCUT2D eigenvalue weighted by atomic mass is 10.1. The van der Waals surface area contributed by atoms with Crippen LogP contribution in [-0.2, 0) is 13.2 Å². The second-order valence-corrected chi connectivity index (χ2v) is 9.86. The van der Waals surface area contributed by atoms with E-state index in [2.05, 4.69) is 30.4 Å². The largest absolute Gasteiger partial charge is 0.438 e. The Labute approximate surface area is 242 Å². The second kappa shape index (κ2) is 10.7. The number of ether oxygens (including phenoxy) is 1. The van der Waals surface area contributed by atoms with E-state index in [-0.39, 0.29) is 17.1 Å². The standard InChI is InChI=1S/C30H23F3N8O2/c1-17-6-7-23(43-29-24-15-40(3)39-27(24)37-26(38-29)19-5-4-8-34-13-19)12-25(17)36-28(42)20-9-21(30(31,32)33)11-22(10-20)41-14-18(2)35-16-41/h4-16H,1-3H3,(H,36,42). The first kappa shape index (κ1) is 27.6. The average molecular weight is 585 g/mol. The zero-order valence-electron chi connectivity index (χ0n) is 23.1. The van der Waals surface area contributed by atoms with Crippen LogP contribution in [0.2, 0.25) is 0 Å². The molecule has 0 bridgehead atoms. The molecule has 0 aliphatic heterocycles. The number of benzene rings is 2. The summed E-state index contributed by atoms with van der Waals surface area (Å²) in [7, 11) is 1.75. The Morgan fingerprint density at radius 1 is 1.02 bits per heavy atom. The van der Waals surface area contributed by atoms with E-state index in [1.54, 1.807) is 74.6 Å². The fourth-order valence-corrected chi connectivity index (χ4v) is 4.42. The number of hydrogen-bond acceptors (Lipinski definition) is 7. The Bertz CT molecular complexity index is 1980.